The van der Waals surface area contributed by atoms with Gasteiger partial charge in [0.25, 0.3) is 0 Å². The summed E-state index contributed by atoms with van der Waals surface area (Å²) in [7, 11) is -3.79. The average molecular weight is 368 g/mol. The van der Waals surface area contributed by atoms with E-state index in [-0.39, 0.29) is 22.3 Å². The quantitative estimate of drug-likeness (QED) is 0.731. The summed E-state index contributed by atoms with van der Waals surface area (Å²) in [5, 5.41) is 0. The normalized spacial score (nSPS) is 13.2. The molecule has 1 atom stereocenters. The Balaban J connectivity index is 2.23. The van der Waals surface area contributed by atoms with Gasteiger partial charge in [-0.3, -0.25) is 4.98 Å². The van der Waals surface area contributed by atoms with Crippen molar-refractivity contribution in [3.63, 3.8) is 0 Å². The first-order chi connectivity index (χ1) is 11.3. The van der Waals surface area contributed by atoms with Crippen LogP contribution in [0.3, 0.4) is 0 Å². The van der Waals surface area contributed by atoms with Gasteiger partial charge in [0.2, 0.25) is 10.0 Å². The number of nitrogens with one attached hydrogen (secondary N) is 1. The molecule has 0 aliphatic carbocycles. The van der Waals surface area contributed by atoms with E-state index >= 15 is 0 Å². The van der Waals surface area contributed by atoms with Crippen LogP contribution in [-0.2, 0) is 27.5 Å². The second-order valence-electron chi connectivity index (χ2n) is 5.57. The van der Waals surface area contributed by atoms with E-state index in [0.717, 1.165) is 5.69 Å². The highest BCUT2D eigenvalue weighted by molar-refractivity contribution is 7.89. The molecule has 6 nitrogen and oxygen atoms in total. The standard InChI is InChI=1S/C16H20N2O4S2/c1-12(2)15-7-6-14(23(19)20)11-16(15)24(21,22)18-10-8-13-5-3-4-9-17-13/h3-7,9,11-12,18H,8,10H2,1-2H3,(H,19,20). The first-order valence-electron chi connectivity index (χ1n) is 7.45. The van der Waals surface area contributed by atoms with Crippen molar-refractivity contribution in [1.29, 1.82) is 0 Å². The van der Waals surface area contributed by atoms with Gasteiger partial charge in [0, 0.05) is 24.9 Å². The van der Waals surface area contributed by atoms with Gasteiger partial charge in [0.15, 0.2) is 11.1 Å². The molecule has 2 aromatic rings. The molecule has 2 N–H and O–H groups in total. The SMILES string of the molecule is CC(C)c1ccc(S(=O)O)cc1S(=O)(=O)NCCc1ccccn1. The van der Waals surface area contributed by atoms with Gasteiger partial charge >= 0.3 is 0 Å². The Kier molecular flexibility index (Phi) is 6.22. The number of nitrogens with zero attached hydrogens (tertiary/aromatic N) is 1. The first kappa shape index (κ1) is 18.7. The third kappa shape index (κ3) is 4.70. The minimum Gasteiger partial charge on any atom is -0.302 e. The zero-order valence-electron chi connectivity index (χ0n) is 13.5. The smallest absolute Gasteiger partial charge is 0.240 e. The van der Waals surface area contributed by atoms with Crippen molar-refractivity contribution in [3.8, 4) is 0 Å². The Bertz CT molecular complexity index is 821. The van der Waals surface area contributed by atoms with Crippen LogP contribution in [0.4, 0.5) is 0 Å². The lowest BCUT2D eigenvalue weighted by Gasteiger charge is -2.15. The fourth-order valence-corrected chi connectivity index (χ4v) is 4.17. The van der Waals surface area contributed by atoms with Crippen LogP contribution in [0, 0.1) is 0 Å². The maximum absolute atomic E-state index is 12.6. The van der Waals surface area contributed by atoms with E-state index in [0.29, 0.717) is 12.0 Å². The molecule has 130 valence electrons. The molecule has 0 saturated heterocycles. The lowest BCUT2D eigenvalue weighted by Crippen LogP contribution is -2.27. The zero-order valence-corrected chi connectivity index (χ0v) is 15.1. The number of sulfonamides is 1. The maximum Gasteiger partial charge on any atom is 0.240 e. The van der Waals surface area contributed by atoms with E-state index in [1.807, 2.05) is 26.0 Å². The van der Waals surface area contributed by atoms with Gasteiger partial charge in [-0.2, -0.15) is 0 Å². The summed E-state index contributed by atoms with van der Waals surface area (Å²) < 4.78 is 48.2. The van der Waals surface area contributed by atoms with Crippen molar-refractivity contribution in [2.24, 2.45) is 0 Å². The van der Waals surface area contributed by atoms with E-state index in [2.05, 4.69) is 9.71 Å². The molecule has 0 amide bonds. The Hall–Kier alpha value is -1.61. The Morgan fingerprint density at radius 2 is 2.00 bits per heavy atom. The third-order valence-corrected chi connectivity index (χ3v) is 5.67. The number of hydrogen-bond donors (Lipinski definition) is 2. The highest BCUT2D eigenvalue weighted by Gasteiger charge is 2.21. The molecule has 0 saturated carbocycles. The summed E-state index contributed by atoms with van der Waals surface area (Å²) in [6.45, 7) is 3.94. The summed E-state index contributed by atoms with van der Waals surface area (Å²) in [5.41, 5.74) is 1.39. The Morgan fingerprint density at radius 3 is 2.58 bits per heavy atom. The second kappa shape index (κ2) is 7.98. The highest BCUT2D eigenvalue weighted by Crippen LogP contribution is 2.26. The van der Waals surface area contributed by atoms with E-state index in [1.54, 1.807) is 18.3 Å². The van der Waals surface area contributed by atoms with E-state index in [9.17, 15) is 17.2 Å². The highest BCUT2D eigenvalue weighted by atomic mass is 32.2. The molecule has 0 aliphatic heterocycles. The van der Waals surface area contributed by atoms with Crippen molar-refractivity contribution in [2.45, 2.75) is 36.0 Å². The van der Waals surface area contributed by atoms with E-state index < -0.39 is 21.1 Å². The van der Waals surface area contributed by atoms with Gasteiger partial charge in [-0.25, -0.2) is 17.3 Å². The van der Waals surface area contributed by atoms with Crippen LogP contribution >= 0.6 is 0 Å². The summed E-state index contributed by atoms with van der Waals surface area (Å²) in [6, 6.07) is 9.77. The maximum atomic E-state index is 12.6. The Morgan fingerprint density at radius 1 is 1.25 bits per heavy atom. The number of rotatable bonds is 7. The molecule has 0 radical (unpaired) electrons. The number of pyridine rings is 1. The van der Waals surface area contributed by atoms with Crippen LogP contribution in [-0.4, -0.2) is 28.7 Å². The van der Waals surface area contributed by atoms with Crippen molar-refractivity contribution in [1.82, 2.24) is 9.71 Å². The molecule has 0 aliphatic rings. The van der Waals surface area contributed by atoms with Crippen molar-refractivity contribution in [3.05, 3.63) is 53.9 Å². The van der Waals surface area contributed by atoms with Gasteiger partial charge in [0.1, 0.15) is 0 Å². The second-order valence-corrected chi connectivity index (χ2v) is 8.28. The van der Waals surface area contributed by atoms with Crippen LogP contribution in [0.2, 0.25) is 0 Å². The molecule has 2 rings (SSSR count). The summed E-state index contributed by atoms with van der Waals surface area (Å²) in [6.07, 6.45) is 2.11. The molecule has 0 fully saturated rings. The summed E-state index contributed by atoms with van der Waals surface area (Å²) >= 11 is -2.23. The molecule has 1 aromatic carbocycles. The largest absolute Gasteiger partial charge is 0.302 e. The molecule has 1 unspecified atom stereocenters. The third-order valence-electron chi connectivity index (χ3n) is 3.50. The van der Waals surface area contributed by atoms with Crippen LogP contribution in [0.5, 0.6) is 0 Å². The van der Waals surface area contributed by atoms with Crippen LogP contribution in [0.25, 0.3) is 0 Å². The fourth-order valence-electron chi connectivity index (χ4n) is 2.27. The van der Waals surface area contributed by atoms with Crippen LogP contribution < -0.4 is 4.72 Å². The Labute approximate surface area is 144 Å². The molecule has 8 heteroatoms. The summed E-state index contributed by atoms with van der Waals surface area (Å²) in [4.78, 5) is 4.25. The van der Waals surface area contributed by atoms with E-state index in [1.165, 1.54) is 12.1 Å². The summed E-state index contributed by atoms with van der Waals surface area (Å²) in [5.74, 6) is -0.0338. The van der Waals surface area contributed by atoms with E-state index in [4.69, 9.17) is 0 Å². The number of aromatic nitrogens is 1. The minimum absolute atomic E-state index is 0.0338. The molecule has 0 spiro atoms. The average Bonchev–Trinajstić information content (AvgIpc) is 2.55. The monoisotopic (exact) mass is 368 g/mol. The number of benzene rings is 1. The van der Waals surface area contributed by atoms with Crippen LogP contribution in [0.15, 0.2) is 52.4 Å². The predicted molar refractivity (Wildman–Crippen MR) is 92.7 cm³/mol. The molecule has 1 heterocycles. The zero-order chi connectivity index (χ0) is 17.7. The minimum atomic E-state index is -3.79. The van der Waals surface area contributed by atoms with Gasteiger partial charge in [0.05, 0.1) is 9.79 Å². The fraction of sp³-hybridized carbons (Fsp3) is 0.312. The molecule has 24 heavy (non-hydrogen) atoms. The lowest BCUT2D eigenvalue weighted by atomic mass is 10.0. The number of hydrogen-bond acceptors (Lipinski definition) is 4. The van der Waals surface area contributed by atoms with Crippen molar-refractivity contribution < 1.29 is 17.2 Å². The lowest BCUT2D eigenvalue weighted by molar-refractivity contribution is 0.563. The molecule has 1 aromatic heterocycles. The first-order valence-corrected chi connectivity index (χ1v) is 10.0. The van der Waals surface area contributed by atoms with Crippen molar-refractivity contribution in [2.75, 3.05) is 6.54 Å². The predicted octanol–water partition coefficient (Wildman–Crippen LogP) is 2.31. The van der Waals surface area contributed by atoms with Crippen molar-refractivity contribution >= 4 is 21.1 Å². The molecular weight excluding hydrogens is 348 g/mol. The van der Waals surface area contributed by atoms with Gasteiger partial charge < -0.3 is 4.55 Å². The molecule has 0 bridgehead atoms. The van der Waals surface area contributed by atoms with Gasteiger partial charge in [-0.1, -0.05) is 26.0 Å². The topological polar surface area (TPSA) is 96.4 Å². The van der Waals surface area contributed by atoms with Gasteiger partial charge in [-0.05, 0) is 35.7 Å². The molecular formula is C16H20N2O4S2. The van der Waals surface area contributed by atoms with Crippen LogP contribution in [0.1, 0.15) is 31.0 Å². The van der Waals surface area contributed by atoms with Gasteiger partial charge in [-0.15, -0.1) is 0 Å².